The van der Waals surface area contributed by atoms with Crippen molar-refractivity contribution < 1.29 is 18.0 Å². The monoisotopic (exact) mass is 342 g/mol. The molecule has 100 valence electrons. The van der Waals surface area contributed by atoms with Crippen LogP contribution in [0.3, 0.4) is 0 Å². The molecular formula is C12H11BrClF3O. The number of hydrogen-bond donors (Lipinski definition) is 0. The molecule has 0 N–H and O–H groups in total. The molecule has 1 aromatic carbocycles. The molecular weight excluding hydrogens is 332 g/mol. The third-order valence-corrected chi connectivity index (χ3v) is 3.54. The number of carbonyl (C=O) groups excluding carboxylic acids is 1. The first-order valence-electron chi connectivity index (χ1n) is 5.28. The minimum atomic E-state index is -4.47. The molecule has 0 spiro atoms. The molecule has 0 saturated carbocycles. The van der Waals surface area contributed by atoms with Gasteiger partial charge in [0.15, 0.2) is 0 Å². The summed E-state index contributed by atoms with van der Waals surface area (Å²) < 4.78 is 38.4. The Morgan fingerprint density at radius 2 is 2.06 bits per heavy atom. The van der Waals surface area contributed by atoms with Crippen LogP contribution >= 0.6 is 27.5 Å². The fourth-order valence-corrected chi connectivity index (χ4v) is 2.36. The lowest BCUT2D eigenvalue weighted by molar-refractivity contribution is -0.138. The highest BCUT2D eigenvalue weighted by molar-refractivity contribution is 9.10. The Balaban J connectivity index is 3.06. The second-order valence-electron chi connectivity index (χ2n) is 3.79. The standard InChI is InChI=1S/C12H11BrClF3O/c1-2-11(18)10(13)5-7-3-4-8(14)6-9(7)12(15,16)17/h3-4,6,10H,2,5H2,1H3/t10-/m0/s1. The van der Waals surface area contributed by atoms with Crippen LogP contribution in [0.2, 0.25) is 5.02 Å². The van der Waals surface area contributed by atoms with E-state index in [0.717, 1.165) is 6.07 Å². The highest BCUT2D eigenvalue weighted by atomic mass is 79.9. The third kappa shape index (κ3) is 3.99. The molecule has 0 aliphatic carbocycles. The van der Waals surface area contributed by atoms with Crippen LogP contribution < -0.4 is 0 Å². The Morgan fingerprint density at radius 3 is 2.56 bits per heavy atom. The summed E-state index contributed by atoms with van der Waals surface area (Å²) in [6.07, 6.45) is -4.19. The minimum absolute atomic E-state index is 0.00130. The van der Waals surface area contributed by atoms with E-state index in [-0.39, 0.29) is 29.2 Å². The van der Waals surface area contributed by atoms with Gasteiger partial charge < -0.3 is 0 Å². The maximum absolute atomic E-state index is 12.8. The second-order valence-corrected chi connectivity index (χ2v) is 5.33. The van der Waals surface area contributed by atoms with Crippen molar-refractivity contribution >= 4 is 33.3 Å². The number of hydrogen-bond acceptors (Lipinski definition) is 1. The summed E-state index contributed by atoms with van der Waals surface area (Å²) in [7, 11) is 0. The van der Waals surface area contributed by atoms with E-state index in [9.17, 15) is 18.0 Å². The molecule has 0 aliphatic rings. The molecule has 0 aliphatic heterocycles. The van der Waals surface area contributed by atoms with Gasteiger partial charge in [-0.25, -0.2) is 0 Å². The fourth-order valence-electron chi connectivity index (χ4n) is 1.52. The van der Waals surface area contributed by atoms with Crippen molar-refractivity contribution in [1.82, 2.24) is 0 Å². The molecule has 18 heavy (non-hydrogen) atoms. The number of rotatable bonds is 4. The van der Waals surface area contributed by atoms with Crippen molar-refractivity contribution in [2.75, 3.05) is 0 Å². The quantitative estimate of drug-likeness (QED) is 0.728. The van der Waals surface area contributed by atoms with Crippen LogP contribution in [-0.4, -0.2) is 10.6 Å². The zero-order chi connectivity index (χ0) is 13.9. The molecule has 0 unspecified atom stereocenters. The number of alkyl halides is 4. The molecule has 0 bridgehead atoms. The van der Waals surface area contributed by atoms with Crippen molar-refractivity contribution in [3.63, 3.8) is 0 Å². The van der Waals surface area contributed by atoms with Gasteiger partial charge in [0, 0.05) is 11.4 Å². The Hall–Kier alpha value is -0.550. The van der Waals surface area contributed by atoms with E-state index in [0.29, 0.717) is 0 Å². The number of carbonyl (C=O) groups is 1. The lowest BCUT2D eigenvalue weighted by Gasteiger charge is -2.15. The highest BCUT2D eigenvalue weighted by Crippen LogP contribution is 2.34. The van der Waals surface area contributed by atoms with Crippen LogP contribution in [0.5, 0.6) is 0 Å². The van der Waals surface area contributed by atoms with Gasteiger partial charge in [0.2, 0.25) is 0 Å². The van der Waals surface area contributed by atoms with Gasteiger partial charge >= 0.3 is 6.18 Å². The zero-order valence-corrected chi connectivity index (χ0v) is 11.9. The summed E-state index contributed by atoms with van der Waals surface area (Å²) in [6, 6.07) is 3.58. The van der Waals surface area contributed by atoms with E-state index in [1.807, 2.05) is 0 Å². The lowest BCUT2D eigenvalue weighted by atomic mass is 10.0. The van der Waals surface area contributed by atoms with Gasteiger partial charge in [0.25, 0.3) is 0 Å². The summed E-state index contributed by atoms with van der Waals surface area (Å²) in [6.45, 7) is 1.67. The average Bonchev–Trinajstić information content (AvgIpc) is 2.28. The second kappa shape index (κ2) is 6.06. The number of Topliss-reactive ketones (excluding diaryl/α,β-unsaturated/α-hetero) is 1. The molecule has 1 atom stereocenters. The fraction of sp³-hybridized carbons (Fsp3) is 0.417. The maximum Gasteiger partial charge on any atom is 0.416 e. The molecule has 6 heteroatoms. The summed E-state index contributed by atoms with van der Waals surface area (Å²) >= 11 is 8.68. The summed E-state index contributed by atoms with van der Waals surface area (Å²) in [4.78, 5) is 10.8. The average molecular weight is 344 g/mol. The van der Waals surface area contributed by atoms with Gasteiger partial charge in [-0.05, 0) is 24.1 Å². The van der Waals surface area contributed by atoms with Crippen molar-refractivity contribution in [2.24, 2.45) is 0 Å². The van der Waals surface area contributed by atoms with Crippen molar-refractivity contribution in [1.29, 1.82) is 0 Å². The van der Waals surface area contributed by atoms with E-state index in [1.54, 1.807) is 6.92 Å². The van der Waals surface area contributed by atoms with Gasteiger partial charge in [0.05, 0.1) is 10.4 Å². The van der Waals surface area contributed by atoms with Crippen molar-refractivity contribution in [3.05, 3.63) is 34.3 Å². The predicted octanol–water partition coefficient (Wildman–Crippen LogP) is 4.64. The smallest absolute Gasteiger partial charge is 0.298 e. The van der Waals surface area contributed by atoms with Crippen molar-refractivity contribution in [3.8, 4) is 0 Å². The van der Waals surface area contributed by atoms with Crippen LogP contribution in [0.1, 0.15) is 24.5 Å². The van der Waals surface area contributed by atoms with E-state index in [2.05, 4.69) is 15.9 Å². The topological polar surface area (TPSA) is 17.1 Å². The molecule has 1 rings (SSSR count). The predicted molar refractivity (Wildman–Crippen MR) is 68.2 cm³/mol. The van der Waals surface area contributed by atoms with Gasteiger partial charge in [-0.2, -0.15) is 13.2 Å². The largest absolute Gasteiger partial charge is 0.416 e. The summed E-state index contributed by atoms with van der Waals surface area (Å²) in [5.74, 6) is -0.127. The van der Waals surface area contributed by atoms with E-state index < -0.39 is 16.6 Å². The highest BCUT2D eigenvalue weighted by Gasteiger charge is 2.34. The van der Waals surface area contributed by atoms with Crippen LogP contribution in [0, 0.1) is 0 Å². The first-order chi connectivity index (χ1) is 8.25. The molecule has 1 nitrogen and oxygen atoms in total. The maximum atomic E-state index is 12.8. The number of ketones is 1. The van der Waals surface area contributed by atoms with Gasteiger partial charge in [-0.3, -0.25) is 4.79 Å². The summed E-state index contributed by atoms with van der Waals surface area (Å²) in [5, 5.41) is 0.0269. The van der Waals surface area contributed by atoms with E-state index >= 15 is 0 Å². The minimum Gasteiger partial charge on any atom is -0.298 e. The van der Waals surface area contributed by atoms with Crippen LogP contribution in [0.4, 0.5) is 13.2 Å². The van der Waals surface area contributed by atoms with Crippen LogP contribution in [-0.2, 0) is 17.4 Å². The van der Waals surface area contributed by atoms with Crippen molar-refractivity contribution in [2.45, 2.75) is 30.8 Å². The number of halogens is 5. The normalized spacial score (nSPS) is 13.4. The summed E-state index contributed by atoms with van der Waals surface area (Å²) in [5.41, 5.74) is -0.723. The Bertz CT molecular complexity index is 445. The van der Waals surface area contributed by atoms with Crippen LogP contribution in [0.15, 0.2) is 18.2 Å². The zero-order valence-electron chi connectivity index (χ0n) is 9.52. The van der Waals surface area contributed by atoms with Gasteiger partial charge in [-0.15, -0.1) is 0 Å². The van der Waals surface area contributed by atoms with E-state index in [1.165, 1.54) is 12.1 Å². The molecule has 0 fully saturated rings. The first kappa shape index (κ1) is 15.5. The lowest BCUT2D eigenvalue weighted by Crippen LogP contribution is -2.18. The Labute approximate surface area is 116 Å². The molecule has 0 heterocycles. The number of benzene rings is 1. The Kier molecular flexibility index (Phi) is 5.22. The molecule has 0 saturated heterocycles. The Morgan fingerprint density at radius 1 is 1.44 bits per heavy atom. The van der Waals surface area contributed by atoms with Gasteiger partial charge in [-0.1, -0.05) is 40.5 Å². The van der Waals surface area contributed by atoms with Crippen LogP contribution in [0.25, 0.3) is 0 Å². The molecule has 0 radical (unpaired) electrons. The molecule has 1 aromatic rings. The van der Waals surface area contributed by atoms with Gasteiger partial charge in [0.1, 0.15) is 5.78 Å². The van der Waals surface area contributed by atoms with E-state index in [4.69, 9.17) is 11.6 Å². The SMILES string of the molecule is CCC(=O)[C@@H](Br)Cc1ccc(Cl)cc1C(F)(F)F. The molecule has 0 aromatic heterocycles. The first-order valence-corrected chi connectivity index (χ1v) is 6.57. The molecule has 0 amide bonds. The third-order valence-electron chi connectivity index (χ3n) is 2.47.